The van der Waals surface area contributed by atoms with Gasteiger partial charge in [0.25, 0.3) is 0 Å². The first-order valence-corrected chi connectivity index (χ1v) is 19.2. The van der Waals surface area contributed by atoms with Gasteiger partial charge in [-0.2, -0.15) is 0 Å². The number of nitrogens with one attached hydrogen (secondary N) is 1. The van der Waals surface area contributed by atoms with E-state index in [1.165, 1.54) is 0 Å². The van der Waals surface area contributed by atoms with Crippen LogP contribution in [0.25, 0.3) is 22.6 Å². The molecule has 51 heavy (non-hydrogen) atoms. The molecule has 1 aliphatic carbocycles. The summed E-state index contributed by atoms with van der Waals surface area (Å²) in [5.41, 5.74) is 9.54. The van der Waals surface area contributed by atoms with Gasteiger partial charge in [0.05, 0.1) is 37.2 Å². The summed E-state index contributed by atoms with van der Waals surface area (Å²) in [6, 6.07) is 8.25. The molecule has 3 aromatic rings. The lowest BCUT2D eigenvalue weighted by Crippen LogP contribution is -2.30. The number of likely N-dealkylation sites (tertiary alicyclic amines) is 1. The topological polar surface area (TPSA) is 88.1 Å². The number of likely N-dealkylation sites (N-methyl/N-ethyl adjacent to an activating group) is 1. The number of benzene rings is 1. The summed E-state index contributed by atoms with van der Waals surface area (Å²) in [7, 11) is 4.27. The summed E-state index contributed by atoms with van der Waals surface area (Å²) in [4.78, 5) is 19.5. The van der Waals surface area contributed by atoms with Crippen LogP contribution in [0, 0.1) is 0 Å². The highest BCUT2D eigenvalue weighted by Gasteiger charge is 2.29. The van der Waals surface area contributed by atoms with E-state index in [2.05, 4.69) is 58.5 Å². The average Bonchev–Trinajstić information content (AvgIpc) is 3.86. The van der Waals surface area contributed by atoms with Crippen molar-refractivity contribution in [3.63, 3.8) is 0 Å². The molecule has 3 heterocycles. The fraction of sp³-hybridized carbons (Fsp3) is 0.462. The highest BCUT2D eigenvalue weighted by atomic mass is 35.5. The lowest BCUT2D eigenvalue weighted by molar-refractivity contribution is 0.248. The molecule has 12 heteroatoms. The predicted molar refractivity (Wildman–Crippen MR) is 220 cm³/mol. The Kier molecular flexibility index (Phi) is 18.0. The van der Waals surface area contributed by atoms with Crippen LogP contribution in [0.2, 0.25) is 10.0 Å². The van der Waals surface area contributed by atoms with E-state index >= 15 is 0 Å². The Morgan fingerprint density at radius 1 is 1.04 bits per heavy atom. The third-order valence-corrected chi connectivity index (χ3v) is 10.2. The van der Waals surface area contributed by atoms with Gasteiger partial charge in [0.1, 0.15) is 5.82 Å². The summed E-state index contributed by atoms with van der Waals surface area (Å²) in [5.74, 6) is 2.19. The van der Waals surface area contributed by atoms with Gasteiger partial charge in [0.15, 0.2) is 0 Å². The average molecular weight is 777 g/mol. The van der Waals surface area contributed by atoms with Gasteiger partial charge in [-0.25, -0.2) is 15.0 Å². The second-order valence-electron chi connectivity index (χ2n) is 12.8. The fourth-order valence-electron chi connectivity index (χ4n) is 5.60. The summed E-state index contributed by atoms with van der Waals surface area (Å²) in [6.45, 7) is 19.7. The Bertz CT molecular complexity index is 1620. The van der Waals surface area contributed by atoms with Crippen LogP contribution in [0.3, 0.4) is 0 Å². The Labute approximate surface area is 325 Å². The molecule has 1 saturated heterocycles. The lowest BCUT2D eigenvalue weighted by Gasteiger charge is -2.29. The van der Waals surface area contributed by atoms with Crippen molar-refractivity contribution in [2.24, 2.45) is 5.73 Å². The summed E-state index contributed by atoms with van der Waals surface area (Å²) >= 11 is 23.6. The number of unbranched alkanes of at least 4 members (excludes halogenated alkanes) is 2. The predicted octanol–water partition coefficient (Wildman–Crippen LogP) is 10.3. The lowest BCUT2D eigenvalue weighted by atomic mass is 9.96. The van der Waals surface area contributed by atoms with Crippen LogP contribution in [-0.4, -0.2) is 75.6 Å². The minimum absolute atomic E-state index is 0.384. The first-order chi connectivity index (χ1) is 24.4. The first kappa shape index (κ1) is 42.6. The van der Waals surface area contributed by atoms with Crippen molar-refractivity contribution in [2.45, 2.75) is 77.3 Å². The number of rotatable bonds is 14. The van der Waals surface area contributed by atoms with Crippen LogP contribution >= 0.6 is 46.4 Å². The van der Waals surface area contributed by atoms with Crippen LogP contribution in [0.15, 0.2) is 78.1 Å². The van der Waals surface area contributed by atoms with Gasteiger partial charge in [-0.15, -0.1) is 0 Å². The first-order valence-electron chi connectivity index (χ1n) is 17.7. The van der Waals surface area contributed by atoms with Gasteiger partial charge in [-0.3, -0.25) is 0 Å². The summed E-state index contributed by atoms with van der Waals surface area (Å²) in [5, 5.41) is 5.43. The number of nitrogens with two attached hydrogens (primary N) is 1. The molecule has 2 fully saturated rings. The second-order valence-corrected chi connectivity index (χ2v) is 14.5. The molecule has 2 aromatic heterocycles. The van der Waals surface area contributed by atoms with Crippen molar-refractivity contribution in [3.8, 4) is 22.6 Å². The van der Waals surface area contributed by atoms with E-state index in [0.29, 0.717) is 38.0 Å². The Morgan fingerprint density at radius 2 is 1.73 bits per heavy atom. The Morgan fingerprint density at radius 3 is 2.29 bits per heavy atom. The minimum Gasteiger partial charge on any atom is -0.375 e. The second kappa shape index (κ2) is 21.6. The fourth-order valence-corrected chi connectivity index (χ4v) is 6.01. The monoisotopic (exact) mass is 774 g/mol. The van der Waals surface area contributed by atoms with Crippen molar-refractivity contribution >= 4 is 52.4 Å². The largest absolute Gasteiger partial charge is 0.375 e. The van der Waals surface area contributed by atoms with Crippen LogP contribution in [0.5, 0.6) is 0 Å². The molecule has 0 unspecified atom stereocenters. The van der Waals surface area contributed by atoms with E-state index in [1.54, 1.807) is 13.0 Å². The van der Waals surface area contributed by atoms with Crippen molar-refractivity contribution in [1.29, 1.82) is 0 Å². The van der Waals surface area contributed by atoms with E-state index in [0.717, 1.165) is 112 Å². The van der Waals surface area contributed by atoms with Crippen molar-refractivity contribution in [3.05, 3.63) is 94.0 Å². The quantitative estimate of drug-likeness (QED) is 0.125. The molecule has 0 spiro atoms. The maximum absolute atomic E-state index is 6.52. The molecule has 0 bridgehead atoms. The third-order valence-electron chi connectivity index (χ3n) is 8.70. The number of anilines is 1. The zero-order valence-electron chi connectivity index (χ0n) is 30.6. The Hall–Kier alpha value is -2.85. The minimum atomic E-state index is 0.384. The zero-order chi connectivity index (χ0) is 37.5. The standard InChI is InChI=1S/C32H41Cl2N7.C5H6Cl2.C2H7N/c1-5-22(2)40(4)17-7-6-8-18-41-30(28-13-16-35-32(37-28)36-25-10-11-25)29(24-9-12-26(33)27(34)21-24)38-31(41)23-14-19-39(3)20-15-23;1-3-5(7)4(2)6;1-2-3/h5,9,12-13,16,21,23,25H,1-2,6-8,10-11,14-15,17-20H2,3-4H3,(H,35,36,37);3H,2H2,1H3;2-3H2,1H3/b;5-3+;. The number of piperidine rings is 1. The highest BCUT2D eigenvalue weighted by Crippen LogP contribution is 2.39. The zero-order valence-corrected chi connectivity index (χ0v) is 33.6. The highest BCUT2D eigenvalue weighted by molar-refractivity contribution is 6.43. The van der Waals surface area contributed by atoms with Gasteiger partial charge >= 0.3 is 0 Å². The van der Waals surface area contributed by atoms with Gasteiger partial charge in [-0.1, -0.05) is 85.2 Å². The van der Waals surface area contributed by atoms with E-state index in [1.807, 2.05) is 43.5 Å². The number of imidazole rings is 1. The number of nitrogens with zero attached hydrogens (tertiary/aromatic N) is 6. The number of aromatic nitrogens is 4. The maximum Gasteiger partial charge on any atom is 0.223 e. The molecule has 0 radical (unpaired) electrons. The maximum atomic E-state index is 6.52. The summed E-state index contributed by atoms with van der Waals surface area (Å²) < 4.78 is 2.43. The number of hydrogen-bond acceptors (Lipinski definition) is 7. The summed E-state index contributed by atoms with van der Waals surface area (Å²) in [6.07, 6.45) is 13.1. The SMILES string of the molecule is C=C(Cl)/C(Cl)=C\C.C=CC(=C)N(C)CCCCCn1c(C2CCN(C)CC2)nc(-c2ccc(Cl)c(Cl)c2)c1-c1ccnc(NC2CC2)n1.CCN. The van der Waals surface area contributed by atoms with Crippen molar-refractivity contribution in [1.82, 2.24) is 29.3 Å². The molecule has 8 nitrogen and oxygen atoms in total. The van der Waals surface area contributed by atoms with E-state index in [4.69, 9.17) is 62.1 Å². The van der Waals surface area contributed by atoms with Crippen LogP contribution in [0.1, 0.15) is 70.5 Å². The van der Waals surface area contributed by atoms with Crippen LogP contribution < -0.4 is 11.1 Å². The molecule has 5 rings (SSSR count). The van der Waals surface area contributed by atoms with Crippen LogP contribution in [0.4, 0.5) is 5.95 Å². The molecular weight excluding hydrogens is 722 g/mol. The normalized spacial score (nSPS) is 14.9. The molecule has 1 aliphatic heterocycles. The molecule has 3 N–H and O–H groups in total. The molecule has 1 aromatic carbocycles. The Balaban J connectivity index is 0.000000620. The van der Waals surface area contributed by atoms with Gasteiger partial charge in [0.2, 0.25) is 5.95 Å². The van der Waals surface area contributed by atoms with E-state index in [-0.39, 0.29) is 0 Å². The molecular formula is C39H54Cl4N8. The molecule has 2 aliphatic rings. The smallest absolute Gasteiger partial charge is 0.223 e. The van der Waals surface area contributed by atoms with Crippen LogP contribution in [-0.2, 0) is 6.54 Å². The van der Waals surface area contributed by atoms with Gasteiger partial charge in [0, 0.05) is 49.6 Å². The number of allylic oxidation sites excluding steroid dienone is 4. The van der Waals surface area contributed by atoms with E-state index < -0.39 is 0 Å². The number of hydrogen-bond donors (Lipinski definition) is 2. The molecule has 278 valence electrons. The van der Waals surface area contributed by atoms with Gasteiger partial charge < -0.3 is 25.4 Å². The molecule has 1 saturated carbocycles. The van der Waals surface area contributed by atoms with E-state index in [9.17, 15) is 0 Å². The van der Waals surface area contributed by atoms with Gasteiger partial charge in [-0.05, 0) is 103 Å². The van der Waals surface area contributed by atoms with Crippen molar-refractivity contribution in [2.75, 3.05) is 45.6 Å². The molecule has 0 atom stereocenters. The number of halogens is 4. The van der Waals surface area contributed by atoms with Crippen molar-refractivity contribution < 1.29 is 0 Å². The third kappa shape index (κ3) is 13.3. The molecule has 0 amide bonds.